The molecule has 6 heterocycles. The van der Waals surface area contributed by atoms with E-state index in [0.717, 1.165) is 105 Å². The lowest BCUT2D eigenvalue weighted by Crippen LogP contribution is -2.67. The van der Waals surface area contributed by atoms with E-state index in [2.05, 4.69) is 181 Å². The zero-order valence-electron chi connectivity index (χ0n) is 73.4. The van der Waals surface area contributed by atoms with Crippen LogP contribution in [0, 0.1) is 20.8 Å². The summed E-state index contributed by atoms with van der Waals surface area (Å²) in [6.07, 6.45) is 4.29. The third-order valence-electron chi connectivity index (χ3n) is 22.6. The molecule has 0 aliphatic heterocycles. The summed E-state index contributed by atoms with van der Waals surface area (Å²) in [7, 11) is -15.2. The highest BCUT2D eigenvalue weighted by Gasteiger charge is 2.52. The molecule has 0 aliphatic rings. The van der Waals surface area contributed by atoms with Gasteiger partial charge >= 0.3 is 0 Å². The number of nitrogens with one attached hydrogen (secondary N) is 3. The first kappa shape index (κ1) is 91.3. The van der Waals surface area contributed by atoms with E-state index in [0.29, 0.717) is 50.6 Å². The minimum absolute atomic E-state index is 0.0371. The maximum Gasteiger partial charge on any atom is 0.261 e. The number of aliphatic hydroxyl groups excluding tert-OH is 2. The number of hydrogen-bond donors (Lipinski definition) is 6. The molecule has 0 fully saturated rings. The van der Waals surface area contributed by atoms with Gasteiger partial charge in [0, 0.05) is 50.9 Å². The highest BCUT2D eigenvalue weighted by atomic mass is 32.2. The summed E-state index contributed by atoms with van der Waals surface area (Å²) in [6.45, 7) is 30.7. The summed E-state index contributed by atoms with van der Waals surface area (Å²) in [4.78, 5) is 24.5. The van der Waals surface area contributed by atoms with E-state index >= 15 is 0 Å². The Bertz CT molecular complexity index is 6820. The lowest BCUT2D eigenvalue weighted by Gasteiger charge is -2.43. The van der Waals surface area contributed by atoms with Crippen LogP contribution in [0.2, 0.25) is 10.1 Å². The lowest BCUT2D eigenvalue weighted by molar-refractivity contribution is 0.117. The monoisotopic (exact) mass is 1770 g/mol. The van der Waals surface area contributed by atoms with Crippen molar-refractivity contribution in [1.29, 1.82) is 0 Å². The van der Waals surface area contributed by atoms with E-state index in [-0.39, 0.29) is 51.9 Å². The topological polar surface area (TPSA) is 286 Å². The van der Waals surface area contributed by atoms with Crippen molar-refractivity contribution in [3.8, 4) is 50.6 Å². The molecule has 0 saturated heterocycles. The number of rotatable bonds is 24. The van der Waals surface area contributed by atoms with Crippen molar-refractivity contribution in [2.24, 2.45) is 0 Å². The molecule has 0 bridgehead atoms. The number of benzene rings is 10. The normalized spacial score (nSPS) is 13.1. The Morgan fingerprint density at radius 2 is 0.688 bits per heavy atom. The molecular formula is C101H110N6O13S3Si2. The maximum absolute atomic E-state index is 12.8. The molecule has 125 heavy (non-hydrogen) atoms. The molecule has 3 atom stereocenters. The van der Waals surface area contributed by atoms with Crippen LogP contribution in [0.1, 0.15) is 99.8 Å². The second kappa shape index (κ2) is 37.8. The Hall–Kier alpha value is -11.4. The number of phenols is 1. The van der Waals surface area contributed by atoms with Gasteiger partial charge in [-0.3, -0.25) is 0 Å². The summed E-state index contributed by atoms with van der Waals surface area (Å²) in [5.74, 6) is 1.59. The number of ether oxygens (including phenoxy) is 2. The van der Waals surface area contributed by atoms with E-state index in [1.807, 2.05) is 113 Å². The van der Waals surface area contributed by atoms with Crippen LogP contribution in [0.15, 0.2) is 282 Å². The Balaban J connectivity index is 0.000000150. The van der Waals surface area contributed by atoms with Gasteiger partial charge in [-0.05, 0) is 213 Å². The van der Waals surface area contributed by atoms with Crippen LogP contribution in [0.4, 0.5) is 0 Å². The van der Waals surface area contributed by atoms with E-state index in [1.165, 1.54) is 20.7 Å². The zero-order chi connectivity index (χ0) is 89.6. The predicted octanol–water partition coefficient (Wildman–Crippen LogP) is 19.2. The quantitative estimate of drug-likeness (QED) is 0.0307. The maximum atomic E-state index is 12.8. The summed E-state index contributed by atoms with van der Waals surface area (Å²) in [5.41, 5.74) is 12.5. The van der Waals surface area contributed by atoms with Crippen molar-refractivity contribution in [3.05, 3.63) is 284 Å². The van der Waals surface area contributed by atoms with Gasteiger partial charge in [-0.25, -0.2) is 40.2 Å². The SMILES string of the molecule is CCS(=O)(=O)c1cccc(-c2ccc(O)c3[nH]c4ncc(C)cc4c23)c1.CCS(=O)(=O)c1cccc(-c2ccc(O[C@H](C)CO)c3[nH]c4ncc(C)cc4c23)c1.CCS(=O)(=O)c1cccc(-c2ccc(O[C@H](C)CO[Si](c3ccccc3)(c3ccccc3)C(C)(C)C)c3[nH]c4ncc(C)cc4c23)c1.C[C@@H](O)CO[Si](c1ccccc1)(c1ccccc1)C(C)(C)C. The largest absolute Gasteiger partial charge is 0.506 e. The minimum Gasteiger partial charge on any atom is -0.506 e. The van der Waals surface area contributed by atoms with Crippen LogP contribution in [0.5, 0.6) is 17.2 Å². The number of sulfone groups is 3. The molecule has 0 amide bonds. The van der Waals surface area contributed by atoms with Gasteiger partial charge in [0.25, 0.3) is 16.6 Å². The van der Waals surface area contributed by atoms with Crippen LogP contribution in [0.25, 0.3) is 99.2 Å². The molecule has 19 nitrogen and oxygen atoms in total. The molecular weight excluding hydrogens is 1660 g/mol. The van der Waals surface area contributed by atoms with Crippen molar-refractivity contribution in [3.63, 3.8) is 0 Å². The Kier molecular flexibility index (Phi) is 27.6. The number of nitrogens with zero attached hydrogens (tertiary/aromatic N) is 3. The standard InChI is InChI=1S/C39H42N2O4SSi.C23H24N2O4S.C20H18N2O3S.C19H26O2Si/c1-7-46(42,43)30-16-14-15-29(24-30)33-21-22-35(37-36(33)34-23-27(2)25-40-38(34)41-37)45-28(3)26-44-47(39(4,5)6,31-17-10-8-11-18-31)32-19-12-9-13-20-32;1-4-30(27,28)17-7-5-6-16(11-17)18-8-9-20(29-15(3)13-26)22-21(18)19-10-14(2)12-24-23(19)25-22;1-3-26(24,25)14-6-4-5-13(10-14)15-7-8-17(23)19-18(15)16-9-12(2)11-21-20(16)22-19;1-16(20)15-21-22(19(2,3)4,17-11-7-5-8-12-17)18-13-9-6-10-14-18/h8-25,28H,7,26H2,1-6H3,(H,40,41);5-12,15,26H,4,13H2,1-3H3,(H,24,25);4-11,23H,3H2,1-2H3,(H,21,22);5-14,16,20H,15H2,1-4H3/t28-;15-;;16-/m11.1/s1. The fraction of sp³-hybridized carbons (Fsp3) is 0.257. The first-order chi connectivity index (χ1) is 59.6. The van der Waals surface area contributed by atoms with Gasteiger partial charge in [0.05, 0.1) is 74.4 Å². The highest BCUT2D eigenvalue weighted by molar-refractivity contribution is 7.92. The average molecular weight is 1770 g/mol. The van der Waals surface area contributed by atoms with E-state index in [1.54, 1.807) is 108 Å². The molecule has 0 aliphatic carbocycles. The van der Waals surface area contributed by atoms with Gasteiger partial charge in [-0.1, -0.05) is 220 Å². The number of fused-ring (bicyclic) bond motifs is 9. The summed E-state index contributed by atoms with van der Waals surface area (Å²) in [6, 6.07) is 80.6. The van der Waals surface area contributed by atoms with E-state index in [4.69, 9.17) is 18.3 Å². The van der Waals surface area contributed by atoms with E-state index < -0.39 is 52.3 Å². The molecule has 6 aromatic heterocycles. The van der Waals surface area contributed by atoms with Gasteiger partial charge in [-0.15, -0.1) is 0 Å². The minimum atomic E-state index is -3.37. The van der Waals surface area contributed by atoms with Crippen LogP contribution < -0.4 is 30.2 Å². The second-order valence-corrected chi connectivity index (χ2v) is 49.3. The molecule has 0 spiro atoms. The first-order valence-electron chi connectivity index (χ1n) is 42.1. The van der Waals surface area contributed by atoms with Crippen molar-refractivity contribution in [2.45, 2.75) is 147 Å². The van der Waals surface area contributed by atoms with Gasteiger partial charge in [-0.2, -0.15) is 0 Å². The summed E-state index contributed by atoms with van der Waals surface area (Å²) >= 11 is 0. The molecule has 16 aromatic rings. The number of pyridine rings is 3. The molecule has 0 saturated carbocycles. The number of phenolic OH excluding ortho intramolecular Hbond substituents is 1. The van der Waals surface area contributed by atoms with Crippen molar-refractivity contribution in [1.82, 2.24) is 29.9 Å². The fourth-order valence-corrected chi connectivity index (χ4v) is 28.5. The number of H-pyrrole nitrogens is 3. The Labute approximate surface area is 735 Å². The first-order valence-corrected chi connectivity index (χ1v) is 50.9. The van der Waals surface area contributed by atoms with Gasteiger partial charge in [0.1, 0.15) is 46.4 Å². The lowest BCUT2D eigenvalue weighted by atomic mass is 9.99. The number of aryl methyl sites for hydroxylation is 3. The third-order valence-corrected chi connectivity index (χ3v) is 37.8. The second-order valence-electron chi connectivity index (χ2n) is 33.8. The number of aromatic hydroxyl groups is 1. The molecule has 24 heteroatoms. The summed E-state index contributed by atoms with van der Waals surface area (Å²) < 4.78 is 101. The number of aromatic amines is 3. The third kappa shape index (κ3) is 19.2. The van der Waals surface area contributed by atoms with Crippen molar-refractivity contribution >= 4 is 133 Å². The van der Waals surface area contributed by atoms with Gasteiger partial charge in [0.2, 0.25) is 0 Å². The smallest absolute Gasteiger partial charge is 0.261 e. The van der Waals surface area contributed by atoms with Gasteiger partial charge in [0.15, 0.2) is 29.5 Å². The van der Waals surface area contributed by atoms with E-state index in [9.17, 15) is 40.6 Å². The van der Waals surface area contributed by atoms with Crippen LogP contribution in [-0.2, 0) is 38.4 Å². The predicted molar refractivity (Wildman–Crippen MR) is 512 cm³/mol. The summed E-state index contributed by atoms with van der Waals surface area (Å²) in [5, 5.41) is 39.7. The zero-order valence-corrected chi connectivity index (χ0v) is 77.8. The Morgan fingerprint density at radius 3 is 1.00 bits per heavy atom. The molecule has 0 radical (unpaired) electrons. The van der Waals surface area contributed by atoms with Crippen LogP contribution >= 0.6 is 0 Å². The Morgan fingerprint density at radius 1 is 0.384 bits per heavy atom. The molecule has 648 valence electrons. The molecule has 10 aromatic carbocycles. The number of aromatic nitrogens is 6. The number of aliphatic hydroxyl groups is 2. The molecule has 16 rings (SSSR count). The molecule has 6 N–H and O–H groups in total. The highest BCUT2D eigenvalue weighted by Crippen LogP contribution is 2.45. The fourth-order valence-electron chi connectivity index (χ4n) is 16.4. The van der Waals surface area contributed by atoms with Crippen molar-refractivity contribution in [2.75, 3.05) is 37.1 Å². The molecule has 0 unspecified atom stereocenters. The van der Waals surface area contributed by atoms with Crippen molar-refractivity contribution < 1.29 is 58.9 Å². The van der Waals surface area contributed by atoms with Gasteiger partial charge < -0.3 is 48.6 Å². The van der Waals surface area contributed by atoms with Crippen LogP contribution in [0.3, 0.4) is 0 Å². The average Bonchev–Trinajstić information content (AvgIpc) is 1.33. The van der Waals surface area contributed by atoms with Crippen LogP contribution in [-0.4, -0.2) is 143 Å². The number of hydrogen-bond acceptors (Lipinski definition) is 16.